The number of carbonyl (C=O) groups excluding carboxylic acids is 1. The molecule has 8 heteroatoms. The normalized spacial score (nSPS) is 10.4. The quantitative estimate of drug-likeness (QED) is 0.683. The number of rotatable bonds is 5. The van der Waals surface area contributed by atoms with Crippen LogP contribution in [-0.2, 0) is 4.79 Å². The summed E-state index contributed by atoms with van der Waals surface area (Å²) in [7, 11) is 0. The number of phenols is 1. The molecule has 0 spiro atoms. The van der Waals surface area contributed by atoms with Crippen LogP contribution in [0.5, 0.6) is 11.5 Å². The first kappa shape index (κ1) is 18.0. The third-order valence-corrected chi connectivity index (χ3v) is 3.84. The Balaban J connectivity index is 1.60. The summed E-state index contributed by atoms with van der Waals surface area (Å²) in [5.41, 5.74) is 1.08. The van der Waals surface area contributed by atoms with Crippen molar-refractivity contribution in [3.8, 4) is 22.9 Å². The second kappa shape index (κ2) is 8.03. The number of halogens is 2. The van der Waals surface area contributed by atoms with Crippen molar-refractivity contribution in [1.29, 1.82) is 0 Å². The predicted octanol–water partition coefficient (Wildman–Crippen LogP) is 4.17. The topological polar surface area (TPSA) is 84.3 Å². The molecule has 1 amide bonds. The molecule has 0 aliphatic heterocycles. The van der Waals surface area contributed by atoms with Crippen molar-refractivity contribution < 1.29 is 14.6 Å². The third kappa shape index (κ3) is 4.62. The van der Waals surface area contributed by atoms with Crippen molar-refractivity contribution in [3.63, 3.8) is 0 Å². The van der Waals surface area contributed by atoms with Gasteiger partial charge in [-0.15, -0.1) is 0 Å². The van der Waals surface area contributed by atoms with E-state index in [4.69, 9.17) is 27.9 Å². The minimum absolute atomic E-state index is 0.125. The summed E-state index contributed by atoms with van der Waals surface area (Å²) in [6.07, 6.45) is 2.94. The van der Waals surface area contributed by atoms with E-state index >= 15 is 0 Å². The molecule has 0 saturated carbocycles. The van der Waals surface area contributed by atoms with E-state index in [1.807, 2.05) is 0 Å². The first-order valence-corrected chi connectivity index (χ1v) is 8.26. The summed E-state index contributed by atoms with van der Waals surface area (Å²) in [5, 5.41) is 12.9. The smallest absolute Gasteiger partial charge is 0.262 e. The zero-order valence-electron chi connectivity index (χ0n) is 13.3. The summed E-state index contributed by atoms with van der Waals surface area (Å²) in [6.45, 7) is -0.242. The zero-order valence-corrected chi connectivity index (χ0v) is 14.8. The van der Waals surface area contributed by atoms with Gasteiger partial charge in [-0.1, -0.05) is 35.3 Å². The lowest BCUT2D eigenvalue weighted by molar-refractivity contribution is -0.118. The second-order valence-corrected chi connectivity index (χ2v) is 6.10. The van der Waals surface area contributed by atoms with Crippen molar-refractivity contribution in [3.05, 3.63) is 64.9 Å². The highest BCUT2D eigenvalue weighted by Crippen LogP contribution is 2.27. The van der Waals surface area contributed by atoms with E-state index in [0.29, 0.717) is 32.9 Å². The summed E-state index contributed by atoms with van der Waals surface area (Å²) in [6, 6.07) is 11.3. The lowest BCUT2D eigenvalue weighted by Gasteiger charge is -2.09. The number of anilines is 1. The Hall–Kier alpha value is -2.83. The van der Waals surface area contributed by atoms with E-state index in [0.717, 1.165) is 0 Å². The van der Waals surface area contributed by atoms with Crippen LogP contribution in [0.2, 0.25) is 10.0 Å². The van der Waals surface area contributed by atoms with Gasteiger partial charge >= 0.3 is 0 Å². The van der Waals surface area contributed by atoms with Crippen LogP contribution in [0, 0.1) is 0 Å². The Labute approximate surface area is 159 Å². The van der Waals surface area contributed by atoms with E-state index in [1.54, 1.807) is 36.4 Å². The highest BCUT2D eigenvalue weighted by Gasteiger charge is 2.08. The van der Waals surface area contributed by atoms with Gasteiger partial charge in [-0.25, -0.2) is 9.97 Å². The second-order valence-electron chi connectivity index (χ2n) is 5.26. The van der Waals surface area contributed by atoms with Crippen LogP contribution in [0.15, 0.2) is 54.9 Å². The molecule has 0 bridgehead atoms. The SMILES string of the molecule is O=C(COc1cc(Cl)ccc1Cl)Nc1cnc(-c2cccc(O)c2)nc1. The number of aromatic hydroxyl groups is 1. The number of nitrogens with one attached hydrogen (secondary N) is 1. The minimum Gasteiger partial charge on any atom is -0.508 e. The van der Waals surface area contributed by atoms with Crippen molar-refractivity contribution in [2.24, 2.45) is 0 Å². The molecular formula is C18H13Cl2N3O3. The van der Waals surface area contributed by atoms with Crippen LogP contribution < -0.4 is 10.1 Å². The molecular weight excluding hydrogens is 377 g/mol. The number of phenolic OH excluding ortho intramolecular Hbond substituents is 1. The van der Waals surface area contributed by atoms with Gasteiger partial charge < -0.3 is 15.2 Å². The number of benzene rings is 2. The first-order chi connectivity index (χ1) is 12.5. The highest BCUT2D eigenvalue weighted by atomic mass is 35.5. The maximum absolute atomic E-state index is 12.0. The van der Waals surface area contributed by atoms with Crippen molar-refractivity contribution in [1.82, 2.24) is 9.97 Å². The van der Waals surface area contributed by atoms with Crippen LogP contribution in [-0.4, -0.2) is 27.6 Å². The minimum atomic E-state index is -0.394. The van der Waals surface area contributed by atoms with Gasteiger partial charge in [0.1, 0.15) is 11.5 Å². The molecule has 0 aliphatic carbocycles. The van der Waals surface area contributed by atoms with Crippen LogP contribution in [0.3, 0.4) is 0 Å². The number of carbonyl (C=O) groups is 1. The Kier molecular flexibility index (Phi) is 5.55. The Morgan fingerprint density at radius 1 is 1.12 bits per heavy atom. The van der Waals surface area contributed by atoms with Gasteiger partial charge in [-0.2, -0.15) is 0 Å². The van der Waals surface area contributed by atoms with Gasteiger partial charge in [-0.3, -0.25) is 4.79 Å². The summed E-state index contributed by atoms with van der Waals surface area (Å²) < 4.78 is 5.36. The summed E-state index contributed by atoms with van der Waals surface area (Å²) in [4.78, 5) is 20.3. The van der Waals surface area contributed by atoms with E-state index in [9.17, 15) is 9.90 Å². The molecule has 0 atom stereocenters. The molecule has 132 valence electrons. The van der Waals surface area contributed by atoms with Crippen LogP contribution in [0.1, 0.15) is 0 Å². The number of amides is 1. The lowest BCUT2D eigenvalue weighted by Crippen LogP contribution is -2.20. The first-order valence-electron chi connectivity index (χ1n) is 7.50. The van der Waals surface area contributed by atoms with Crippen LogP contribution in [0.25, 0.3) is 11.4 Å². The maximum atomic E-state index is 12.0. The fourth-order valence-electron chi connectivity index (χ4n) is 2.11. The lowest BCUT2D eigenvalue weighted by atomic mass is 10.2. The molecule has 3 aromatic rings. The van der Waals surface area contributed by atoms with Crippen molar-refractivity contribution >= 4 is 34.8 Å². The maximum Gasteiger partial charge on any atom is 0.262 e. The number of aromatic nitrogens is 2. The van der Waals surface area contributed by atoms with Crippen molar-refractivity contribution in [2.75, 3.05) is 11.9 Å². The molecule has 1 aromatic heterocycles. The van der Waals surface area contributed by atoms with Gasteiger partial charge in [-0.05, 0) is 24.3 Å². The van der Waals surface area contributed by atoms with Gasteiger partial charge in [0.25, 0.3) is 5.91 Å². The van der Waals surface area contributed by atoms with E-state index < -0.39 is 5.91 Å². The molecule has 6 nitrogen and oxygen atoms in total. The summed E-state index contributed by atoms with van der Waals surface area (Å²) in [5.74, 6) is 0.487. The van der Waals surface area contributed by atoms with E-state index in [2.05, 4.69) is 15.3 Å². The standard InChI is InChI=1S/C18H13Cl2N3O3/c19-12-4-5-15(20)16(7-12)26-10-17(25)23-13-8-21-18(22-9-13)11-2-1-3-14(24)6-11/h1-9,24H,10H2,(H,23,25). The highest BCUT2D eigenvalue weighted by molar-refractivity contribution is 6.34. The zero-order chi connectivity index (χ0) is 18.5. The average molecular weight is 390 g/mol. The fraction of sp³-hybridized carbons (Fsp3) is 0.0556. The van der Waals surface area contributed by atoms with Crippen LogP contribution >= 0.6 is 23.2 Å². The Bertz CT molecular complexity index is 933. The third-order valence-electron chi connectivity index (χ3n) is 3.29. The molecule has 1 heterocycles. The molecule has 2 N–H and O–H groups in total. The van der Waals surface area contributed by atoms with Gasteiger partial charge in [0.2, 0.25) is 0 Å². The molecule has 0 unspecified atom stereocenters. The molecule has 26 heavy (non-hydrogen) atoms. The molecule has 0 aliphatic rings. The average Bonchev–Trinajstić information content (AvgIpc) is 2.63. The van der Waals surface area contributed by atoms with Crippen molar-refractivity contribution in [2.45, 2.75) is 0 Å². The fourth-order valence-corrected chi connectivity index (χ4v) is 2.45. The Morgan fingerprint density at radius 2 is 1.88 bits per heavy atom. The number of hydrogen-bond acceptors (Lipinski definition) is 5. The van der Waals surface area contributed by atoms with Crippen LogP contribution in [0.4, 0.5) is 5.69 Å². The molecule has 2 aromatic carbocycles. The predicted molar refractivity (Wildman–Crippen MR) is 99.7 cm³/mol. The summed E-state index contributed by atoms with van der Waals surface area (Å²) >= 11 is 11.8. The van der Waals surface area contributed by atoms with E-state index in [1.165, 1.54) is 18.5 Å². The number of nitrogens with zero attached hydrogens (tertiary/aromatic N) is 2. The Morgan fingerprint density at radius 3 is 2.62 bits per heavy atom. The van der Waals surface area contributed by atoms with Gasteiger partial charge in [0.05, 0.1) is 23.1 Å². The number of hydrogen-bond donors (Lipinski definition) is 2. The molecule has 0 saturated heterocycles. The monoisotopic (exact) mass is 389 g/mol. The molecule has 3 rings (SSSR count). The molecule has 0 fully saturated rings. The van der Waals surface area contributed by atoms with Gasteiger partial charge in [0.15, 0.2) is 12.4 Å². The largest absolute Gasteiger partial charge is 0.508 e. The van der Waals surface area contributed by atoms with Gasteiger partial charge in [0, 0.05) is 16.7 Å². The van der Waals surface area contributed by atoms with E-state index in [-0.39, 0.29) is 12.4 Å². The molecule has 0 radical (unpaired) electrons. The number of ether oxygens (including phenoxy) is 1.